The van der Waals surface area contributed by atoms with E-state index in [2.05, 4.69) is 0 Å². The molecule has 1 atom stereocenters. The van der Waals surface area contributed by atoms with E-state index >= 15 is 0 Å². The first-order valence-corrected chi connectivity index (χ1v) is 6.66. The molecule has 0 heterocycles. The highest BCUT2D eigenvalue weighted by atomic mass is 16.5. The molecule has 0 fully saturated rings. The van der Waals surface area contributed by atoms with E-state index in [4.69, 9.17) is 15.2 Å². The Hall–Kier alpha value is -1.59. The number of ether oxygens (including phenoxy) is 2. The van der Waals surface area contributed by atoms with Crippen LogP contribution in [0.2, 0.25) is 0 Å². The van der Waals surface area contributed by atoms with Gasteiger partial charge in [-0.2, -0.15) is 0 Å². The number of hydrogen-bond acceptors (Lipinski definition) is 4. The molecule has 1 aromatic carbocycles. The normalized spacial score (nSPS) is 12.2. The summed E-state index contributed by atoms with van der Waals surface area (Å²) in [6.07, 6.45) is 0. The highest BCUT2D eigenvalue weighted by Gasteiger charge is 2.22. The van der Waals surface area contributed by atoms with Crippen molar-refractivity contribution in [3.63, 3.8) is 0 Å². The lowest BCUT2D eigenvalue weighted by atomic mass is 10.0. The van der Waals surface area contributed by atoms with E-state index in [-0.39, 0.29) is 11.9 Å². The number of carbonyl (C=O) groups is 1. The Labute approximate surface area is 120 Å². The second-order valence-electron chi connectivity index (χ2n) is 4.82. The van der Waals surface area contributed by atoms with E-state index < -0.39 is 0 Å². The van der Waals surface area contributed by atoms with Crippen molar-refractivity contribution in [2.45, 2.75) is 19.9 Å². The van der Waals surface area contributed by atoms with Crippen molar-refractivity contribution in [1.29, 1.82) is 0 Å². The van der Waals surface area contributed by atoms with Crippen LogP contribution in [0, 0.1) is 6.92 Å². The van der Waals surface area contributed by atoms with Crippen molar-refractivity contribution in [3.05, 3.63) is 29.3 Å². The molecule has 5 nitrogen and oxygen atoms in total. The van der Waals surface area contributed by atoms with Crippen molar-refractivity contribution in [2.75, 3.05) is 39.7 Å². The van der Waals surface area contributed by atoms with Gasteiger partial charge < -0.3 is 20.1 Å². The number of nitrogens with zero attached hydrogens (tertiary/aromatic N) is 1. The highest BCUT2D eigenvalue weighted by molar-refractivity contribution is 5.97. The zero-order valence-corrected chi connectivity index (χ0v) is 12.7. The summed E-state index contributed by atoms with van der Waals surface area (Å²) in [5, 5.41) is 0. The molecule has 0 radical (unpaired) electrons. The van der Waals surface area contributed by atoms with Crippen LogP contribution in [0.4, 0.5) is 5.69 Å². The van der Waals surface area contributed by atoms with Gasteiger partial charge in [-0.1, -0.05) is 6.07 Å². The average molecular weight is 280 g/mol. The number of nitrogen functional groups attached to an aromatic ring is 1. The minimum Gasteiger partial charge on any atom is -0.398 e. The van der Waals surface area contributed by atoms with Crippen molar-refractivity contribution in [1.82, 2.24) is 4.90 Å². The van der Waals surface area contributed by atoms with Crippen LogP contribution in [0.15, 0.2) is 18.2 Å². The zero-order valence-electron chi connectivity index (χ0n) is 12.7. The number of amides is 1. The van der Waals surface area contributed by atoms with Gasteiger partial charge in [-0.15, -0.1) is 0 Å². The van der Waals surface area contributed by atoms with Crippen molar-refractivity contribution >= 4 is 11.6 Å². The van der Waals surface area contributed by atoms with Crippen LogP contribution in [0.3, 0.4) is 0 Å². The minimum absolute atomic E-state index is 0.0246. The van der Waals surface area contributed by atoms with Gasteiger partial charge in [0.15, 0.2) is 0 Å². The van der Waals surface area contributed by atoms with Gasteiger partial charge in [-0.3, -0.25) is 4.79 Å². The molecule has 112 valence electrons. The third kappa shape index (κ3) is 3.95. The summed E-state index contributed by atoms with van der Waals surface area (Å²) in [5.74, 6) is -0.0450. The Morgan fingerprint density at radius 3 is 2.65 bits per heavy atom. The predicted octanol–water partition coefficient (Wildman–Crippen LogP) is 1.70. The molecule has 0 saturated heterocycles. The van der Waals surface area contributed by atoms with Gasteiger partial charge in [-0.25, -0.2) is 0 Å². The quantitative estimate of drug-likeness (QED) is 0.772. The molecule has 1 amide bonds. The lowest BCUT2D eigenvalue weighted by Crippen LogP contribution is -2.43. The van der Waals surface area contributed by atoms with E-state index in [1.54, 1.807) is 37.3 Å². The minimum atomic E-state index is -0.0450. The van der Waals surface area contributed by atoms with Gasteiger partial charge in [0.25, 0.3) is 5.91 Å². The maximum absolute atomic E-state index is 12.7. The van der Waals surface area contributed by atoms with Gasteiger partial charge in [-0.05, 0) is 31.5 Å². The predicted molar refractivity (Wildman–Crippen MR) is 79.8 cm³/mol. The topological polar surface area (TPSA) is 64.8 Å². The summed E-state index contributed by atoms with van der Waals surface area (Å²) in [6, 6.07) is 5.37. The first-order valence-electron chi connectivity index (χ1n) is 6.66. The Bertz CT molecular complexity index is 449. The molecule has 0 spiro atoms. The Kier molecular flexibility index (Phi) is 6.48. The molecular formula is C15H24N2O3. The molecule has 0 aliphatic heterocycles. The number of methoxy groups -OCH3 is 2. The first kappa shape index (κ1) is 16.5. The van der Waals surface area contributed by atoms with Crippen LogP contribution < -0.4 is 5.73 Å². The molecule has 0 saturated carbocycles. The summed E-state index contributed by atoms with van der Waals surface area (Å²) in [7, 11) is 3.25. The van der Waals surface area contributed by atoms with Crippen LogP contribution in [-0.2, 0) is 9.47 Å². The Morgan fingerprint density at radius 2 is 2.05 bits per heavy atom. The molecule has 2 N–H and O–H groups in total. The molecule has 5 heteroatoms. The number of anilines is 1. The highest BCUT2D eigenvalue weighted by Crippen LogP contribution is 2.18. The Morgan fingerprint density at radius 1 is 1.35 bits per heavy atom. The first-order chi connectivity index (χ1) is 9.52. The van der Waals surface area contributed by atoms with E-state index in [0.29, 0.717) is 31.0 Å². The van der Waals surface area contributed by atoms with Gasteiger partial charge in [0.1, 0.15) is 0 Å². The molecule has 1 unspecified atom stereocenters. The molecule has 0 aliphatic carbocycles. The molecule has 1 rings (SSSR count). The standard InChI is InChI=1S/C15H24N2O3/c1-11(10-20-4)17(8-9-19-3)15(18)13-6-5-7-14(16)12(13)2/h5-7,11H,8-10,16H2,1-4H3. The molecule has 0 aliphatic rings. The van der Waals surface area contributed by atoms with Gasteiger partial charge in [0.2, 0.25) is 0 Å². The van der Waals surface area contributed by atoms with Gasteiger partial charge in [0, 0.05) is 32.0 Å². The summed E-state index contributed by atoms with van der Waals surface area (Å²) in [5.41, 5.74) is 7.94. The number of hydrogen-bond donors (Lipinski definition) is 1. The average Bonchev–Trinajstić information content (AvgIpc) is 2.42. The summed E-state index contributed by atoms with van der Waals surface area (Å²) in [4.78, 5) is 14.5. The van der Waals surface area contributed by atoms with Crippen LogP contribution in [-0.4, -0.2) is 50.8 Å². The van der Waals surface area contributed by atoms with E-state index in [0.717, 1.165) is 5.56 Å². The maximum atomic E-state index is 12.7. The fraction of sp³-hybridized carbons (Fsp3) is 0.533. The molecule has 20 heavy (non-hydrogen) atoms. The Balaban J connectivity index is 2.99. The number of benzene rings is 1. The number of nitrogens with two attached hydrogens (primary N) is 1. The second kappa shape index (κ2) is 7.87. The summed E-state index contributed by atoms with van der Waals surface area (Å²) in [6.45, 7) is 5.31. The zero-order chi connectivity index (χ0) is 15.1. The third-order valence-corrected chi connectivity index (χ3v) is 3.34. The van der Waals surface area contributed by atoms with Crippen LogP contribution in [0.1, 0.15) is 22.8 Å². The van der Waals surface area contributed by atoms with Crippen LogP contribution in [0.5, 0.6) is 0 Å². The lowest BCUT2D eigenvalue weighted by Gasteiger charge is -2.29. The fourth-order valence-electron chi connectivity index (χ4n) is 2.08. The van der Waals surface area contributed by atoms with Crippen molar-refractivity contribution in [2.24, 2.45) is 0 Å². The summed E-state index contributed by atoms with van der Waals surface area (Å²) >= 11 is 0. The van der Waals surface area contributed by atoms with Gasteiger partial charge >= 0.3 is 0 Å². The summed E-state index contributed by atoms with van der Waals surface area (Å²) < 4.78 is 10.2. The molecule has 0 aromatic heterocycles. The SMILES string of the molecule is COCCN(C(=O)c1cccc(N)c1C)C(C)COC. The molecular weight excluding hydrogens is 256 g/mol. The van der Waals surface area contributed by atoms with Crippen LogP contribution in [0.25, 0.3) is 0 Å². The monoisotopic (exact) mass is 280 g/mol. The maximum Gasteiger partial charge on any atom is 0.254 e. The van der Waals surface area contributed by atoms with E-state index in [1.807, 2.05) is 13.8 Å². The molecule has 0 bridgehead atoms. The third-order valence-electron chi connectivity index (χ3n) is 3.34. The van der Waals surface area contributed by atoms with Crippen LogP contribution >= 0.6 is 0 Å². The fourth-order valence-corrected chi connectivity index (χ4v) is 2.08. The van der Waals surface area contributed by atoms with Crippen molar-refractivity contribution < 1.29 is 14.3 Å². The molecule has 1 aromatic rings. The van der Waals surface area contributed by atoms with Crippen molar-refractivity contribution in [3.8, 4) is 0 Å². The largest absolute Gasteiger partial charge is 0.398 e. The lowest BCUT2D eigenvalue weighted by molar-refractivity contribution is 0.0479. The smallest absolute Gasteiger partial charge is 0.254 e. The number of rotatable bonds is 7. The van der Waals surface area contributed by atoms with E-state index in [1.165, 1.54) is 0 Å². The van der Waals surface area contributed by atoms with E-state index in [9.17, 15) is 4.79 Å². The number of carbonyl (C=O) groups excluding carboxylic acids is 1. The second-order valence-corrected chi connectivity index (χ2v) is 4.82. The van der Waals surface area contributed by atoms with Gasteiger partial charge in [0.05, 0.1) is 19.3 Å².